The zero-order valence-electron chi connectivity index (χ0n) is 17.5. The van der Waals surface area contributed by atoms with E-state index < -0.39 is 17.7 Å². The number of carbonyl (C=O) groups excluding carboxylic acids is 2. The Kier molecular flexibility index (Phi) is 6.84. The standard InChI is InChI=1S/C23H27N3O4/c1-4-25(5-2)14-15-26-20(16-6-8-18(30-3)9-7-16)19(22(28)23(26)29)21(27)17-10-12-24-13-11-17/h6-13,20,27H,4-5,14-15H2,1-3H3/t20-/m1/s1. The number of nitrogens with zero attached hydrogens (tertiary/aromatic N) is 3. The van der Waals surface area contributed by atoms with E-state index in [1.165, 1.54) is 12.4 Å². The molecule has 1 saturated heterocycles. The Morgan fingerprint density at radius 1 is 1.10 bits per heavy atom. The van der Waals surface area contributed by atoms with Crippen LogP contribution in [0.1, 0.15) is 31.0 Å². The lowest BCUT2D eigenvalue weighted by Gasteiger charge is -2.28. The fourth-order valence-electron chi connectivity index (χ4n) is 3.70. The van der Waals surface area contributed by atoms with Crippen molar-refractivity contribution in [3.8, 4) is 5.75 Å². The van der Waals surface area contributed by atoms with Crippen LogP contribution < -0.4 is 4.74 Å². The number of pyridine rings is 1. The van der Waals surface area contributed by atoms with Gasteiger partial charge in [-0.2, -0.15) is 0 Å². The lowest BCUT2D eigenvalue weighted by molar-refractivity contribution is -0.140. The fourth-order valence-corrected chi connectivity index (χ4v) is 3.70. The van der Waals surface area contributed by atoms with Crippen molar-refractivity contribution in [3.63, 3.8) is 0 Å². The maximum absolute atomic E-state index is 13.0. The third-order valence-electron chi connectivity index (χ3n) is 5.48. The second kappa shape index (κ2) is 9.54. The maximum atomic E-state index is 13.0. The number of hydrogen-bond donors (Lipinski definition) is 1. The van der Waals surface area contributed by atoms with E-state index in [0.29, 0.717) is 24.4 Å². The van der Waals surface area contributed by atoms with Gasteiger partial charge in [0.2, 0.25) is 0 Å². The van der Waals surface area contributed by atoms with Gasteiger partial charge in [-0.05, 0) is 42.9 Å². The molecule has 0 radical (unpaired) electrons. The number of ether oxygens (including phenoxy) is 1. The quantitative estimate of drug-likeness (QED) is 0.410. The summed E-state index contributed by atoms with van der Waals surface area (Å²) in [5, 5.41) is 10.9. The average molecular weight is 409 g/mol. The Balaban J connectivity index is 2.07. The van der Waals surface area contributed by atoms with Gasteiger partial charge in [0.1, 0.15) is 11.5 Å². The summed E-state index contributed by atoms with van der Waals surface area (Å²) in [5.74, 6) is -0.793. The van der Waals surface area contributed by atoms with Crippen molar-refractivity contribution in [1.82, 2.24) is 14.8 Å². The van der Waals surface area contributed by atoms with Crippen molar-refractivity contribution < 1.29 is 19.4 Å². The SMILES string of the molecule is CCN(CC)CCN1C(=O)C(=O)C(=C(O)c2ccncc2)[C@H]1c1ccc(OC)cc1. The van der Waals surface area contributed by atoms with Crippen LogP contribution in [0.4, 0.5) is 0 Å². The minimum Gasteiger partial charge on any atom is -0.507 e. The van der Waals surface area contributed by atoms with Gasteiger partial charge in [0.15, 0.2) is 0 Å². The first kappa shape index (κ1) is 21.5. The molecule has 7 nitrogen and oxygen atoms in total. The highest BCUT2D eigenvalue weighted by atomic mass is 16.5. The Labute approximate surface area is 176 Å². The van der Waals surface area contributed by atoms with Crippen molar-refractivity contribution >= 4 is 17.4 Å². The first-order valence-corrected chi connectivity index (χ1v) is 10.1. The monoisotopic (exact) mass is 409 g/mol. The highest BCUT2D eigenvalue weighted by molar-refractivity contribution is 6.46. The first-order valence-electron chi connectivity index (χ1n) is 10.1. The summed E-state index contributed by atoms with van der Waals surface area (Å²) in [6.07, 6.45) is 3.07. The number of aliphatic hydroxyl groups excluding tert-OH is 1. The number of likely N-dealkylation sites (N-methyl/N-ethyl adjacent to an activating group) is 1. The average Bonchev–Trinajstić information content (AvgIpc) is 3.04. The molecule has 1 aliphatic rings. The molecule has 0 spiro atoms. The largest absolute Gasteiger partial charge is 0.507 e. The van der Waals surface area contributed by atoms with E-state index in [1.54, 1.807) is 36.3 Å². The van der Waals surface area contributed by atoms with Crippen LogP contribution in [-0.2, 0) is 9.59 Å². The van der Waals surface area contributed by atoms with Gasteiger partial charge in [-0.3, -0.25) is 14.6 Å². The number of benzene rings is 1. The highest BCUT2D eigenvalue weighted by Crippen LogP contribution is 2.39. The molecular formula is C23H27N3O4. The Bertz CT molecular complexity index is 921. The number of methoxy groups -OCH3 is 1. The molecule has 1 N–H and O–H groups in total. The highest BCUT2D eigenvalue weighted by Gasteiger charge is 2.45. The molecule has 0 aliphatic carbocycles. The van der Waals surface area contributed by atoms with Gasteiger partial charge < -0.3 is 19.6 Å². The van der Waals surface area contributed by atoms with Gasteiger partial charge >= 0.3 is 0 Å². The van der Waals surface area contributed by atoms with E-state index in [1.807, 2.05) is 12.1 Å². The van der Waals surface area contributed by atoms with Crippen LogP contribution in [0.5, 0.6) is 5.75 Å². The molecular weight excluding hydrogens is 382 g/mol. The van der Waals surface area contributed by atoms with Gasteiger partial charge in [0.05, 0.1) is 18.7 Å². The molecule has 1 aromatic carbocycles. The van der Waals surface area contributed by atoms with Crippen LogP contribution in [-0.4, -0.2) is 64.9 Å². The minimum absolute atomic E-state index is 0.0934. The normalized spacial score (nSPS) is 18.3. The Morgan fingerprint density at radius 2 is 1.73 bits per heavy atom. The molecule has 2 aromatic rings. The van der Waals surface area contributed by atoms with Crippen molar-refractivity contribution in [3.05, 3.63) is 65.5 Å². The summed E-state index contributed by atoms with van der Waals surface area (Å²) < 4.78 is 5.23. The third-order valence-corrected chi connectivity index (χ3v) is 5.48. The van der Waals surface area contributed by atoms with E-state index in [4.69, 9.17) is 4.74 Å². The van der Waals surface area contributed by atoms with Crippen LogP contribution in [0.2, 0.25) is 0 Å². The van der Waals surface area contributed by atoms with Crippen LogP contribution in [0.15, 0.2) is 54.4 Å². The molecule has 0 bridgehead atoms. The number of amides is 1. The summed E-state index contributed by atoms with van der Waals surface area (Å²) in [6.45, 7) is 6.84. The Morgan fingerprint density at radius 3 is 2.30 bits per heavy atom. The number of aliphatic hydroxyl groups is 1. The van der Waals surface area contributed by atoms with Crippen LogP contribution >= 0.6 is 0 Å². The second-order valence-corrected chi connectivity index (χ2v) is 7.03. The van der Waals surface area contributed by atoms with Gasteiger partial charge in [-0.1, -0.05) is 26.0 Å². The van der Waals surface area contributed by atoms with Gasteiger partial charge in [-0.25, -0.2) is 0 Å². The van der Waals surface area contributed by atoms with E-state index >= 15 is 0 Å². The number of hydrogen-bond acceptors (Lipinski definition) is 6. The summed E-state index contributed by atoms with van der Waals surface area (Å²) in [4.78, 5) is 33.6. The molecule has 1 aliphatic heterocycles. The first-order chi connectivity index (χ1) is 14.5. The lowest BCUT2D eigenvalue weighted by Crippen LogP contribution is -2.38. The molecule has 1 atom stereocenters. The summed E-state index contributed by atoms with van der Waals surface area (Å²) in [7, 11) is 1.58. The van der Waals surface area contributed by atoms with Gasteiger partial charge in [0, 0.05) is 31.0 Å². The zero-order valence-corrected chi connectivity index (χ0v) is 17.5. The van der Waals surface area contributed by atoms with Gasteiger partial charge in [-0.15, -0.1) is 0 Å². The molecule has 1 fully saturated rings. The third kappa shape index (κ3) is 4.21. The zero-order chi connectivity index (χ0) is 21.7. The topological polar surface area (TPSA) is 83.0 Å². The van der Waals surface area contributed by atoms with E-state index in [0.717, 1.165) is 18.7 Å². The molecule has 0 saturated carbocycles. The minimum atomic E-state index is -0.676. The molecule has 1 aromatic heterocycles. The molecule has 2 heterocycles. The molecule has 0 unspecified atom stereocenters. The van der Waals surface area contributed by atoms with Gasteiger partial charge in [0.25, 0.3) is 11.7 Å². The summed E-state index contributed by atoms with van der Waals surface area (Å²) in [5.41, 5.74) is 1.28. The second-order valence-electron chi connectivity index (χ2n) is 7.03. The van der Waals surface area contributed by atoms with Crippen molar-refractivity contribution in [2.24, 2.45) is 0 Å². The summed E-state index contributed by atoms with van der Waals surface area (Å²) >= 11 is 0. The number of rotatable bonds is 8. The molecule has 30 heavy (non-hydrogen) atoms. The smallest absolute Gasteiger partial charge is 0.295 e. The predicted octanol–water partition coefficient (Wildman–Crippen LogP) is 2.85. The number of carbonyl (C=O) groups is 2. The summed E-state index contributed by atoms with van der Waals surface area (Å²) in [6, 6.07) is 9.77. The van der Waals surface area contributed by atoms with Crippen LogP contribution in [0, 0.1) is 0 Å². The van der Waals surface area contributed by atoms with Crippen molar-refractivity contribution in [2.75, 3.05) is 33.3 Å². The predicted molar refractivity (Wildman–Crippen MR) is 114 cm³/mol. The molecule has 3 rings (SSSR count). The molecule has 1 amide bonds. The van der Waals surface area contributed by atoms with E-state index in [2.05, 4.69) is 23.7 Å². The Hall–Kier alpha value is -3.19. The van der Waals surface area contributed by atoms with E-state index in [-0.39, 0.29) is 11.3 Å². The number of ketones is 1. The van der Waals surface area contributed by atoms with Crippen molar-refractivity contribution in [2.45, 2.75) is 19.9 Å². The number of likely N-dealkylation sites (tertiary alicyclic amines) is 1. The number of aromatic nitrogens is 1. The van der Waals surface area contributed by atoms with E-state index in [9.17, 15) is 14.7 Å². The maximum Gasteiger partial charge on any atom is 0.295 e. The van der Waals surface area contributed by atoms with Crippen LogP contribution in [0.25, 0.3) is 5.76 Å². The van der Waals surface area contributed by atoms with Crippen molar-refractivity contribution in [1.29, 1.82) is 0 Å². The number of Topliss-reactive ketones (excluding diaryl/α,β-unsaturated/α-hetero) is 1. The van der Waals surface area contributed by atoms with Crippen LogP contribution in [0.3, 0.4) is 0 Å². The lowest BCUT2D eigenvalue weighted by atomic mass is 9.95. The molecule has 7 heteroatoms. The molecule has 158 valence electrons. The fraction of sp³-hybridized carbons (Fsp3) is 0.348.